The van der Waals surface area contributed by atoms with Crippen LogP contribution in [0.15, 0.2) is 48.5 Å². The van der Waals surface area contributed by atoms with Crippen molar-refractivity contribution in [2.24, 2.45) is 0 Å². The average Bonchev–Trinajstić information content (AvgIpc) is 2.52. The van der Waals surface area contributed by atoms with E-state index in [9.17, 15) is 0 Å². The Hall–Kier alpha value is -2.67. The molecule has 2 aromatic carbocycles. The van der Waals surface area contributed by atoms with Crippen LogP contribution in [0.5, 0.6) is 17.2 Å². The molecule has 0 fully saturated rings. The molecule has 0 amide bonds. The minimum atomic E-state index is 0.371. The maximum absolute atomic E-state index is 8.94. The maximum Gasteiger partial charge on any atom is 0.137 e. The van der Waals surface area contributed by atoms with Crippen molar-refractivity contribution in [1.29, 1.82) is 5.26 Å². The van der Waals surface area contributed by atoms with Crippen molar-refractivity contribution in [3.63, 3.8) is 0 Å². The molecule has 0 aliphatic carbocycles. The van der Waals surface area contributed by atoms with Crippen LogP contribution in [0, 0.1) is 11.3 Å². The molecule has 20 heavy (non-hydrogen) atoms. The second kappa shape index (κ2) is 7.05. The van der Waals surface area contributed by atoms with E-state index in [2.05, 4.69) is 6.07 Å². The Balaban J connectivity index is 1.83. The van der Waals surface area contributed by atoms with Gasteiger partial charge >= 0.3 is 0 Å². The molecule has 0 unspecified atom stereocenters. The van der Waals surface area contributed by atoms with E-state index in [1.165, 1.54) is 0 Å². The first-order chi connectivity index (χ1) is 9.83. The summed E-state index contributed by atoms with van der Waals surface area (Å²) in [5, 5.41) is 8.94. The average molecular weight is 269 g/mol. The third-order valence-electron chi connectivity index (χ3n) is 2.66. The summed E-state index contributed by atoms with van der Waals surface area (Å²) < 4.78 is 16.2. The van der Waals surface area contributed by atoms with Crippen molar-refractivity contribution in [3.8, 4) is 23.3 Å². The predicted molar refractivity (Wildman–Crippen MR) is 75.1 cm³/mol. The van der Waals surface area contributed by atoms with Crippen molar-refractivity contribution in [1.82, 2.24) is 0 Å². The first-order valence-electron chi connectivity index (χ1n) is 6.22. The van der Waals surface area contributed by atoms with Crippen molar-refractivity contribution < 1.29 is 14.2 Å². The van der Waals surface area contributed by atoms with Gasteiger partial charge in [0.15, 0.2) is 0 Å². The topological polar surface area (TPSA) is 51.5 Å². The molecule has 0 heterocycles. The largest absolute Gasteiger partial charge is 0.497 e. The highest BCUT2D eigenvalue weighted by Crippen LogP contribution is 2.19. The summed E-state index contributed by atoms with van der Waals surface area (Å²) in [6.45, 7) is 0.767. The van der Waals surface area contributed by atoms with Gasteiger partial charge in [-0.1, -0.05) is 18.2 Å². The monoisotopic (exact) mass is 269 g/mol. The van der Waals surface area contributed by atoms with Crippen LogP contribution in [0.1, 0.15) is 5.56 Å². The van der Waals surface area contributed by atoms with Gasteiger partial charge < -0.3 is 14.2 Å². The molecule has 4 nitrogen and oxygen atoms in total. The molecule has 0 bridgehead atoms. The van der Waals surface area contributed by atoms with Crippen molar-refractivity contribution in [3.05, 3.63) is 54.1 Å². The second-order valence-corrected chi connectivity index (χ2v) is 3.98. The second-order valence-electron chi connectivity index (χ2n) is 3.98. The number of methoxy groups -OCH3 is 1. The third kappa shape index (κ3) is 3.66. The standard InChI is InChI=1S/C16H15NO3/c1-18-14-6-4-7-15(11-14)19-9-10-20-16-8-3-2-5-13(16)12-17/h2-8,11H,9-10H2,1H3. The van der Waals surface area contributed by atoms with Gasteiger partial charge in [0, 0.05) is 6.07 Å². The quantitative estimate of drug-likeness (QED) is 0.756. The molecule has 0 spiro atoms. The molecule has 0 atom stereocenters. The fourth-order valence-electron chi connectivity index (χ4n) is 1.69. The van der Waals surface area contributed by atoms with Crippen LogP contribution in [-0.4, -0.2) is 20.3 Å². The van der Waals surface area contributed by atoms with Crippen LogP contribution >= 0.6 is 0 Å². The molecule has 102 valence electrons. The van der Waals surface area contributed by atoms with Crippen LogP contribution in [-0.2, 0) is 0 Å². The van der Waals surface area contributed by atoms with Crippen LogP contribution in [0.3, 0.4) is 0 Å². The van der Waals surface area contributed by atoms with Crippen LogP contribution < -0.4 is 14.2 Å². The fraction of sp³-hybridized carbons (Fsp3) is 0.188. The first-order valence-corrected chi connectivity index (χ1v) is 6.22. The molecule has 0 saturated carbocycles. The highest BCUT2D eigenvalue weighted by atomic mass is 16.5. The van der Waals surface area contributed by atoms with E-state index in [-0.39, 0.29) is 0 Å². The van der Waals surface area contributed by atoms with Crippen LogP contribution in [0.4, 0.5) is 0 Å². The van der Waals surface area contributed by atoms with Gasteiger partial charge in [-0.05, 0) is 24.3 Å². The van der Waals surface area contributed by atoms with Gasteiger partial charge in [-0.3, -0.25) is 0 Å². The molecule has 2 rings (SSSR count). The van der Waals surface area contributed by atoms with E-state index in [4.69, 9.17) is 19.5 Å². The Kier molecular flexibility index (Phi) is 4.85. The van der Waals surface area contributed by atoms with Gasteiger partial charge in [-0.2, -0.15) is 5.26 Å². The number of hydrogen-bond acceptors (Lipinski definition) is 4. The SMILES string of the molecule is COc1cccc(OCCOc2ccccc2C#N)c1. The van der Waals surface area contributed by atoms with Gasteiger partial charge in [-0.15, -0.1) is 0 Å². The Morgan fingerprint density at radius 2 is 1.70 bits per heavy atom. The highest BCUT2D eigenvalue weighted by molar-refractivity contribution is 5.42. The summed E-state index contributed by atoms with van der Waals surface area (Å²) in [5.74, 6) is 2.05. The number of ether oxygens (including phenoxy) is 3. The molecule has 0 aromatic heterocycles. The first kappa shape index (κ1) is 13.8. The van der Waals surface area contributed by atoms with E-state index in [1.54, 1.807) is 25.3 Å². The zero-order valence-electron chi connectivity index (χ0n) is 11.2. The van der Waals surface area contributed by atoms with Gasteiger partial charge in [0.25, 0.3) is 0 Å². The molecule has 2 aromatic rings. The van der Waals surface area contributed by atoms with E-state index < -0.39 is 0 Å². The lowest BCUT2D eigenvalue weighted by molar-refractivity contribution is 0.216. The Bertz CT molecular complexity index is 605. The zero-order chi connectivity index (χ0) is 14.2. The number of benzene rings is 2. The molecule has 0 aliphatic heterocycles. The summed E-state index contributed by atoms with van der Waals surface area (Å²) in [6.07, 6.45) is 0. The van der Waals surface area contributed by atoms with Gasteiger partial charge in [-0.25, -0.2) is 0 Å². The highest BCUT2D eigenvalue weighted by Gasteiger charge is 2.02. The summed E-state index contributed by atoms with van der Waals surface area (Å²) in [7, 11) is 1.61. The number of rotatable bonds is 6. The fourth-order valence-corrected chi connectivity index (χ4v) is 1.69. The lowest BCUT2D eigenvalue weighted by Gasteiger charge is -2.10. The van der Waals surface area contributed by atoms with Crippen molar-refractivity contribution >= 4 is 0 Å². The van der Waals surface area contributed by atoms with E-state index in [1.807, 2.05) is 30.3 Å². The van der Waals surface area contributed by atoms with Gasteiger partial charge in [0.1, 0.15) is 36.5 Å². The lowest BCUT2D eigenvalue weighted by Crippen LogP contribution is -2.09. The number of nitrogens with zero attached hydrogens (tertiary/aromatic N) is 1. The van der Waals surface area contributed by atoms with Gasteiger partial charge in [0.05, 0.1) is 12.7 Å². The number of hydrogen-bond donors (Lipinski definition) is 0. The molecule has 0 N–H and O–H groups in total. The van der Waals surface area contributed by atoms with Gasteiger partial charge in [0.2, 0.25) is 0 Å². The normalized spacial score (nSPS) is 9.60. The smallest absolute Gasteiger partial charge is 0.137 e. The Morgan fingerprint density at radius 3 is 2.50 bits per heavy atom. The van der Waals surface area contributed by atoms with Crippen LogP contribution in [0.25, 0.3) is 0 Å². The lowest BCUT2D eigenvalue weighted by atomic mass is 10.2. The summed E-state index contributed by atoms with van der Waals surface area (Å²) in [6, 6.07) is 16.6. The zero-order valence-corrected chi connectivity index (χ0v) is 11.2. The van der Waals surface area contributed by atoms with E-state index in [0.29, 0.717) is 24.5 Å². The molecule has 0 radical (unpaired) electrons. The number of nitriles is 1. The van der Waals surface area contributed by atoms with Crippen molar-refractivity contribution in [2.75, 3.05) is 20.3 Å². The summed E-state index contributed by atoms with van der Waals surface area (Å²) in [4.78, 5) is 0. The maximum atomic E-state index is 8.94. The molecule has 4 heteroatoms. The summed E-state index contributed by atoms with van der Waals surface area (Å²) >= 11 is 0. The van der Waals surface area contributed by atoms with Crippen LogP contribution in [0.2, 0.25) is 0 Å². The number of para-hydroxylation sites is 1. The molecule has 0 aliphatic rings. The Morgan fingerprint density at radius 1 is 0.950 bits per heavy atom. The van der Waals surface area contributed by atoms with Crippen molar-refractivity contribution in [2.45, 2.75) is 0 Å². The molecular formula is C16H15NO3. The Labute approximate surface area is 118 Å². The van der Waals surface area contributed by atoms with E-state index >= 15 is 0 Å². The summed E-state index contributed by atoms with van der Waals surface area (Å²) in [5.41, 5.74) is 0.522. The minimum absolute atomic E-state index is 0.371. The van der Waals surface area contributed by atoms with E-state index in [0.717, 1.165) is 11.5 Å². The third-order valence-corrected chi connectivity index (χ3v) is 2.66. The molecule has 0 saturated heterocycles. The predicted octanol–water partition coefficient (Wildman–Crippen LogP) is 3.02. The minimum Gasteiger partial charge on any atom is -0.497 e. The molecular weight excluding hydrogens is 254 g/mol.